The lowest BCUT2D eigenvalue weighted by atomic mass is 10.1. The fourth-order valence-corrected chi connectivity index (χ4v) is 2.15. The Morgan fingerprint density at radius 2 is 2.11 bits per heavy atom. The average Bonchev–Trinajstić information content (AvgIpc) is 2.33. The zero-order valence-electron chi connectivity index (χ0n) is 10.9. The Morgan fingerprint density at radius 3 is 2.68 bits per heavy atom. The van der Waals surface area contributed by atoms with Gasteiger partial charge in [-0.15, -0.1) is 0 Å². The topological polar surface area (TPSA) is 61.5 Å². The predicted molar refractivity (Wildman–Crippen MR) is 75.9 cm³/mol. The highest BCUT2D eigenvalue weighted by Crippen LogP contribution is 2.33. The first-order valence-corrected chi connectivity index (χ1v) is 6.76. The van der Waals surface area contributed by atoms with E-state index in [0.29, 0.717) is 35.4 Å². The van der Waals surface area contributed by atoms with Crippen molar-refractivity contribution in [1.29, 1.82) is 0 Å². The first kappa shape index (κ1) is 16.1. The zero-order chi connectivity index (χ0) is 14.4. The van der Waals surface area contributed by atoms with Gasteiger partial charge in [-0.1, -0.05) is 23.2 Å². The van der Waals surface area contributed by atoms with Crippen LogP contribution in [0.1, 0.15) is 19.4 Å². The van der Waals surface area contributed by atoms with Gasteiger partial charge >= 0.3 is 5.97 Å². The Bertz CT molecular complexity index is 452. The molecule has 0 saturated carbocycles. The third-order valence-corrected chi connectivity index (χ3v) is 2.91. The smallest absolute Gasteiger partial charge is 0.347 e. The summed E-state index contributed by atoms with van der Waals surface area (Å²) in [7, 11) is 0. The van der Waals surface area contributed by atoms with Gasteiger partial charge in [-0.05, 0) is 44.5 Å². The second-order valence-corrected chi connectivity index (χ2v) is 4.77. The molecule has 1 rings (SSSR count). The number of carbonyl (C=O) groups excluding carboxylic acids is 1. The van der Waals surface area contributed by atoms with Crippen molar-refractivity contribution < 1.29 is 14.3 Å². The largest absolute Gasteiger partial charge is 0.477 e. The van der Waals surface area contributed by atoms with Crippen LogP contribution in [0, 0.1) is 0 Å². The summed E-state index contributed by atoms with van der Waals surface area (Å²) in [6.45, 7) is 4.08. The Hall–Kier alpha value is -0.970. The molecule has 0 aliphatic carbocycles. The summed E-state index contributed by atoms with van der Waals surface area (Å²) in [5.41, 5.74) is 6.31. The molecule has 0 aliphatic rings. The molecule has 6 heteroatoms. The van der Waals surface area contributed by atoms with Crippen molar-refractivity contribution in [3.63, 3.8) is 0 Å². The number of halogens is 2. The molecule has 106 valence electrons. The summed E-state index contributed by atoms with van der Waals surface area (Å²) in [5, 5.41) is 0.858. The van der Waals surface area contributed by atoms with Crippen LogP contribution in [0.2, 0.25) is 10.0 Å². The van der Waals surface area contributed by atoms with Crippen molar-refractivity contribution in [1.82, 2.24) is 0 Å². The Labute approximate surface area is 122 Å². The molecule has 0 radical (unpaired) electrons. The van der Waals surface area contributed by atoms with Crippen LogP contribution in [-0.4, -0.2) is 25.2 Å². The number of carbonyl (C=O) groups is 1. The van der Waals surface area contributed by atoms with Crippen LogP contribution in [0.5, 0.6) is 5.75 Å². The minimum Gasteiger partial charge on any atom is -0.477 e. The van der Waals surface area contributed by atoms with E-state index in [1.165, 1.54) is 0 Å². The number of nitrogens with two attached hydrogens (primary N) is 1. The first-order valence-electron chi connectivity index (χ1n) is 6.00. The molecular formula is C13H17Cl2NO3. The van der Waals surface area contributed by atoms with Crippen LogP contribution < -0.4 is 10.5 Å². The maximum absolute atomic E-state index is 11.6. The first-order chi connectivity index (χ1) is 8.99. The Kier molecular flexibility index (Phi) is 6.42. The number of benzene rings is 1. The fourth-order valence-electron chi connectivity index (χ4n) is 1.57. The lowest BCUT2D eigenvalue weighted by Crippen LogP contribution is -2.26. The van der Waals surface area contributed by atoms with Crippen molar-refractivity contribution in [3.05, 3.63) is 27.7 Å². The summed E-state index contributed by atoms with van der Waals surface area (Å²) < 4.78 is 10.5. The van der Waals surface area contributed by atoms with Gasteiger partial charge in [0.2, 0.25) is 0 Å². The van der Waals surface area contributed by atoms with E-state index >= 15 is 0 Å². The highest BCUT2D eigenvalue weighted by atomic mass is 35.5. The van der Waals surface area contributed by atoms with E-state index in [1.807, 2.05) is 0 Å². The van der Waals surface area contributed by atoms with Crippen LogP contribution in [0.3, 0.4) is 0 Å². The Balaban J connectivity index is 2.95. The lowest BCUT2D eigenvalue weighted by molar-refractivity contribution is -0.150. The second kappa shape index (κ2) is 7.58. The van der Waals surface area contributed by atoms with Crippen molar-refractivity contribution in [2.24, 2.45) is 5.73 Å². The normalized spacial score (nSPS) is 12.1. The third-order valence-electron chi connectivity index (χ3n) is 2.41. The third kappa shape index (κ3) is 4.56. The van der Waals surface area contributed by atoms with Gasteiger partial charge in [0.05, 0.1) is 11.6 Å². The summed E-state index contributed by atoms with van der Waals surface area (Å²) in [6, 6.07) is 3.30. The molecular weight excluding hydrogens is 289 g/mol. The summed E-state index contributed by atoms with van der Waals surface area (Å²) in [4.78, 5) is 11.6. The molecule has 0 aromatic heterocycles. The molecule has 0 heterocycles. The van der Waals surface area contributed by atoms with E-state index in [0.717, 1.165) is 5.56 Å². The minimum absolute atomic E-state index is 0.302. The second-order valence-electron chi connectivity index (χ2n) is 3.93. The highest BCUT2D eigenvalue weighted by molar-refractivity contribution is 6.35. The molecule has 4 nitrogen and oxygen atoms in total. The van der Waals surface area contributed by atoms with E-state index in [2.05, 4.69) is 0 Å². The van der Waals surface area contributed by atoms with Gasteiger partial charge in [-0.25, -0.2) is 4.79 Å². The van der Waals surface area contributed by atoms with Crippen LogP contribution in [-0.2, 0) is 16.0 Å². The molecule has 19 heavy (non-hydrogen) atoms. The van der Waals surface area contributed by atoms with Gasteiger partial charge in [-0.3, -0.25) is 0 Å². The number of hydrogen-bond acceptors (Lipinski definition) is 4. The van der Waals surface area contributed by atoms with Gasteiger partial charge < -0.3 is 15.2 Å². The molecule has 1 aromatic carbocycles. The maximum atomic E-state index is 11.6. The van der Waals surface area contributed by atoms with Crippen molar-refractivity contribution >= 4 is 29.2 Å². The number of esters is 1. The molecule has 0 fully saturated rings. The van der Waals surface area contributed by atoms with Gasteiger partial charge in [0.15, 0.2) is 6.10 Å². The molecule has 1 atom stereocenters. The number of ether oxygens (including phenoxy) is 2. The van der Waals surface area contributed by atoms with E-state index in [1.54, 1.807) is 26.0 Å². The summed E-state index contributed by atoms with van der Waals surface area (Å²) >= 11 is 12.0. The van der Waals surface area contributed by atoms with E-state index in [9.17, 15) is 4.79 Å². The molecule has 0 saturated heterocycles. The highest BCUT2D eigenvalue weighted by Gasteiger charge is 2.19. The van der Waals surface area contributed by atoms with Gasteiger partial charge in [0.1, 0.15) is 5.75 Å². The van der Waals surface area contributed by atoms with Crippen molar-refractivity contribution in [2.75, 3.05) is 13.2 Å². The van der Waals surface area contributed by atoms with Crippen LogP contribution in [0.25, 0.3) is 0 Å². The minimum atomic E-state index is -0.741. The van der Waals surface area contributed by atoms with Gasteiger partial charge in [0, 0.05) is 5.02 Å². The Morgan fingerprint density at radius 1 is 1.42 bits per heavy atom. The van der Waals surface area contributed by atoms with E-state index in [4.69, 9.17) is 38.4 Å². The summed E-state index contributed by atoms with van der Waals surface area (Å²) in [5.74, 6) is -0.00992. The van der Waals surface area contributed by atoms with E-state index < -0.39 is 12.1 Å². The molecule has 1 unspecified atom stereocenters. The predicted octanol–water partition coefficient (Wildman–Crippen LogP) is 2.83. The van der Waals surface area contributed by atoms with Crippen molar-refractivity contribution in [3.8, 4) is 5.75 Å². The quantitative estimate of drug-likeness (QED) is 0.821. The number of rotatable bonds is 6. The SMILES string of the molecule is CCOC(=O)C(C)Oc1c(Cl)cc(Cl)cc1CCN. The monoisotopic (exact) mass is 305 g/mol. The maximum Gasteiger partial charge on any atom is 0.347 e. The lowest BCUT2D eigenvalue weighted by Gasteiger charge is -2.17. The molecule has 1 aromatic rings. The van der Waals surface area contributed by atoms with Crippen LogP contribution in [0.4, 0.5) is 0 Å². The molecule has 0 bridgehead atoms. The fraction of sp³-hybridized carbons (Fsp3) is 0.462. The molecule has 0 aliphatic heterocycles. The summed E-state index contributed by atoms with van der Waals surface area (Å²) in [6.07, 6.45) is -0.180. The van der Waals surface area contributed by atoms with Crippen LogP contribution in [0.15, 0.2) is 12.1 Å². The number of hydrogen-bond donors (Lipinski definition) is 1. The average molecular weight is 306 g/mol. The molecule has 2 N–H and O–H groups in total. The van der Waals surface area contributed by atoms with Gasteiger partial charge in [0.25, 0.3) is 0 Å². The van der Waals surface area contributed by atoms with Crippen LogP contribution >= 0.6 is 23.2 Å². The standard InChI is InChI=1S/C13H17Cl2NO3/c1-3-18-13(17)8(2)19-12-9(4-5-16)6-10(14)7-11(12)15/h6-8H,3-5,16H2,1-2H3. The van der Waals surface area contributed by atoms with E-state index in [-0.39, 0.29) is 0 Å². The zero-order valence-corrected chi connectivity index (χ0v) is 12.4. The van der Waals surface area contributed by atoms with Crippen molar-refractivity contribution in [2.45, 2.75) is 26.4 Å². The molecule has 0 spiro atoms. The van der Waals surface area contributed by atoms with Gasteiger partial charge in [-0.2, -0.15) is 0 Å². The molecule has 0 amide bonds.